The zero-order valence-electron chi connectivity index (χ0n) is 15.7. The number of benzene rings is 1. The molecule has 0 fully saturated rings. The van der Waals surface area contributed by atoms with Crippen LogP contribution in [0.25, 0.3) is 0 Å². The maximum Gasteiger partial charge on any atom is 0.407 e. The van der Waals surface area contributed by atoms with Crippen LogP contribution in [-0.4, -0.2) is 43.3 Å². The average Bonchev–Trinajstić information content (AvgIpc) is 2.64. The number of nitrogens with zero attached hydrogens (tertiary/aromatic N) is 1. The molecule has 0 radical (unpaired) electrons. The van der Waals surface area contributed by atoms with Crippen LogP contribution in [0.15, 0.2) is 30.3 Å². The molecule has 0 heterocycles. The van der Waals surface area contributed by atoms with Gasteiger partial charge in [-0.25, -0.2) is 4.79 Å². The van der Waals surface area contributed by atoms with Gasteiger partial charge in [-0.3, -0.25) is 0 Å². The van der Waals surface area contributed by atoms with E-state index < -0.39 is 0 Å². The van der Waals surface area contributed by atoms with Gasteiger partial charge in [0.05, 0.1) is 26.2 Å². The predicted molar refractivity (Wildman–Crippen MR) is 99.8 cm³/mol. The van der Waals surface area contributed by atoms with Gasteiger partial charge < -0.3 is 14.5 Å². The Balaban J connectivity index is 2.02. The maximum atomic E-state index is 11.6. The molecular weight excluding hydrogens is 300 g/mol. The van der Waals surface area contributed by atoms with Gasteiger partial charge in [0, 0.05) is 6.54 Å². The highest BCUT2D eigenvalue weighted by molar-refractivity contribution is 5.67. The lowest BCUT2D eigenvalue weighted by Gasteiger charge is -2.35. The number of quaternary nitrogens is 1. The molecule has 0 saturated heterocycles. The Labute approximate surface area is 147 Å². The first kappa shape index (κ1) is 20.5. The van der Waals surface area contributed by atoms with Crippen LogP contribution in [0.5, 0.6) is 0 Å². The Morgan fingerprint density at radius 2 is 1.58 bits per heavy atom. The second-order valence-electron chi connectivity index (χ2n) is 6.42. The second-order valence-corrected chi connectivity index (χ2v) is 6.42. The summed E-state index contributed by atoms with van der Waals surface area (Å²) in [5.41, 5.74) is 1.01. The van der Waals surface area contributed by atoms with Gasteiger partial charge in [0.2, 0.25) is 0 Å². The summed E-state index contributed by atoms with van der Waals surface area (Å²) < 4.78 is 6.42. The Morgan fingerprint density at radius 1 is 0.958 bits per heavy atom. The van der Waals surface area contributed by atoms with Gasteiger partial charge in [-0.05, 0) is 45.6 Å². The third-order valence-corrected chi connectivity index (χ3v) is 5.05. The molecule has 1 N–H and O–H groups in total. The Kier molecular flexibility index (Phi) is 10.2. The molecule has 1 rings (SSSR count). The summed E-state index contributed by atoms with van der Waals surface area (Å²) in [6.45, 7) is 12.8. The first-order valence-corrected chi connectivity index (χ1v) is 9.45. The molecule has 1 amide bonds. The molecule has 0 unspecified atom stereocenters. The molecule has 0 saturated carbocycles. The molecular formula is C20H35N2O2+. The standard InChI is InChI=1S/C20H34N2O2/c1-4-22(5-2,6-3)17-13-8-7-12-16-21-20(23)24-18-19-14-10-9-11-15-19/h9-11,14-15H,4-8,12-13,16-18H2,1-3H3/p+1. The van der Waals surface area contributed by atoms with Crippen LogP contribution in [0, 0.1) is 0 Å². The Hall–Kier alpha value is -1.55. The molecule has 1 aromatic carbocycles. The van der Waals surface area contributed by atoms with Crippen molar-refractivity contribution >= 4 is 6.09 Å². The molecule has 0 spiro atoms. The number of nitrogens with one attached hydrogen (secondary N) is 1. The van der Waals surface area contributed by atoms with Crippen molar-refractivity contribution in [1.29, 1.82) is 0 Å². The van der Waals surface area contributed by atoms with E-state index >= 15 is 0 Å². The molecule has 4 heteroatoms. The minimum atomic E-state index is -0.322. The van der Waals surface area contributed by atoms with Gasteiger partial charge in [-0.2, -0.15) is 0 Å². The quantitative estimate of drug-likeness (QED) is 0.455. The molecule has 1 aromatic rings. The van der Waals surface area contributed by atoms with Gasteiger partial charge >= 0.3 is 6.09 Å². The molecule has 0 aliphatic heterocycles. The van der Waals surface area contributed by atoms with Crippen molar-refractivity contribution < 1.29 is 14.0 Å². The first-order valence-electron chi connectivity index (χ1n) is 9.45. The van der Waals surface area contributed by atoms with Crippen molar-refractivity contribution in [3.05, 3.63) is 35.9 Å². The Bertz CT molecular complexity index is 436. The second kappa shape index (κ2) is 11.9. The van der Waals surface area contributed by atoms with Gasteiger partial charge in [-0.15, -0.1) is 0 Å². The molecule has 0 atom stereocenters. The lowest BCUT2D eigenvalue weighted by molar-refractivity contribution is -0.923. The van der Waals surface area contributed by atoms with Crippen LogP contribution in [0.1, 0.15) is 52.0 Å². The molecule has 136 valence electrons. The summed E-state index contributed by atoms with van der Waals surface area (Å²) in [7, 11) is 0. The van der Waals surface area contributed by atoms with Crippen LogP contribution >= 0.6 is 0 Å². The molecule has 24 heavy (non-hydrogen) atoms. The number of carbonyl (C=O) groups is 1. The third kappa shape index (κ3) is 7.82. The number of unbranched alkanes of at least 4 members (excludes halogenated alkanes) is 3. The summed E-state index contributed by atoms with van der Waals surface area (Å²) in [4.78, 5) is 11.6. The van der Waals surface area contributed by atoms with E-state index in [0.29, 0.717) is 13.2 Å². The SMILES string of the molecule is CC[N+](CC)(CC)CCCCCCNC(=O)OCc1ccccc1. The van der Waals surface area contributed by atoms with Gasteiger partial charge in [0.1, 0.15) is 6.61 Å². The minimum Gasteiger partial charge on any atom is -0.445 e. The monoisotopic (exact) mass is 335 g/mol. The van der Waals surface area contributed by atoms with Crippen LogP contribution < -0.4 is 5.32 Å². The Morgan fingerprint density at radius 3 is 2.21 bits per heavy atom. The summed E-state index contributed by atoms with van der Waals surface area (Å²) in [5.74, 6) is 0. The van der Waals surface area contributed by atoms with Crippen molar-refractivity contribution in [1.82, 2.24) is 5.32 Å². The van der Waals surface area contributed by atoms with E-state index in [9.17, 15) is 4.79 Å². The highest BCUT2D eigenvalue weighted by atomic mass is 16.5. The number of rotatable bonds is 12. The van der Waals surface area contributed by atoms with Crippen LogP contribution in [0.3, 0.4) is 0 Å². The van der Waals surface area contributed by atoms with Crippen molar-refractivity contribution in [3.63, 3.8) is 0 Å². The largest absolute Gasteiger partial charge is 0.445 e. The lowest BCUT2D eigenvalue weighted by Crippen LogP contribution is -2.48. The van der Waals surface area contributed by atoms with E-state index in [4.69, 9.17) is 4.74 Å². The van der Waals surface area contributed by atoms with Gasteiger partial charge in [-0.1, -0.05) is 36.8 Å². The summed E-state index contributed by atoms with van der Waals surface area (Å²) in [6.07, 6.45) is 4.37. The van der Waals surface area contributed by atoms with Crippen LogP contribution in [0.4, 0.5) is 4.79 Å². The molecule has 0 aromatic heterocycles. The highest BCUT2D eigenvalue weighted by Gasteiger charge is 2.19. The topological polar surface area (TPSA) is 38.3 Å². The first-order chi connectivity index (χ1) is 11.7. The maximum absolute atomic E-state index is 11.6. The number of hydrogen-bond acceptors (Lipinski definition) is 2. The van der Waals surface area contributed by atoms with Crippen LogP contribution in [-0.2, 0) is 11.3 Å². The zero-order chi connectivity index (χ0) is 17.7. The van der Waals surface area contributed by atoms with Crippen molar-refractivity contribution in [2.75, 3.05) is 32.7 Å². The number of ether oxygens (including phenoxy) is 1. The van der Waals surface area contributed by atoms with E-state index in [1.807, 2.05) is 30.3 Å². The highest BCUT2D eigenvalue weighted by Crippen LogP contribution is 2.10. The van der Waals surface area contributed by atoms with E-state index in [1.165, 1.54) is 43.5 Å². The number of alkyl carbamates (subject to hydrolysis) is 1. The number of carbonyl (C=O) groups excluding carboxylic acids is 1. The molecule has 0 aliphatic carbocycles. The average molecular weight is 336 g/mol. The lowest BCUT2D eigenvalue weighted by atomic mass is 10.1. The predicted octanol–water partition coefficient (Wildman–Crippen LogP) is 4.35. The van der Waals surface area contributed by atoms with Crippen LogP contribution in [0.2, 0.25) is 0 Å². The zero-order valence-corrected chi connectivity index (χ0v) is 15.7. The van der Waals surface area contributed by atoms with Crippen molar-refractivity contribution in [2.24, 2.45) is 0 Å². The van der Waals surface area contributed by atoms with Gasteiger partial charge in [0.15, 0.2) is 0 Å². The molecule has 0 aliphatic rings. The van der Waals surface area contributed by atoms with Crippen molar-refractivity contribution in [3.8, 4) is 0 Å². The molecule has 0 bridgehead atoms. The normalized spacial score (nSPS) is 11.3. The third-order valence-electron chi connectivity index (χ3n) is 5.05. The summed E-state index contributed by atoms with van der Waals surface area (Å²) in [6, 6.07) is 9.75. The van der Waals surface area contributed by atoms with E-state index in [2.05, 4.69) is 26.1 Å². The summed E-state index contributed by atoms with van der Waals surface area (Å²) in [5, 5.41) is 2.83. The minimum absolute atomic E-state index is 0.322. The molecule has 4 nitrogen and oxygen atoms in total. The fourth-order valence-electron chi connectivity index (χ4n) is 3.04. The van der Waals surface area contributed by atoms with Crippen molar-refractivity contribution in [2.45, 2.75) is 53.1 Å². The fourth-order valence-corrected chi connectivity index (χ4v) is 3.04. The fraction of sp³-hybridized carbons (Fsp3) is 0.650. The summed E-state index contributed by atoms with van der Waals surface area (Å²) >= 11 is 0. The number of amides is 1. The van der Waals surface area contributed by atoms with Gasteiger partial charge in [0.25, 0.3) is 0 Å². The smallest absolute Gasteiger partial charge is 0.407 e. The number of hydrogen-bond donors (Lipinski definition) is 1. The van der Waals surface area contributed by atoms with E-state index in [1.54, 1.807) is 0 Å². The van der Waals surface area contributed by atoms with E-state index in [-0.39, 0.29) is 6.09 Å². The van der Waals surface area contributed by atoms with E-state index in [0.717, 1.165) is 18.4 Å².